The molecule has 0 saturated carbocycles. The van der Waals surface area contributed by atoms with Crippen molar-refractivity contribution in [3.63, 3.8) is 0 Å². The van der Waals surface area contributed by atoms with Gasteiger partial charge in [-0.1, -0.05) is 6.07 Å². The van der Waals surface area contributed by atoms with E-state index < -0.39 is 5.91 Å². The predicted molar refractivity (Wildman–Crippen MR) is 79.8 cm³/mol. The molecule has 0 unspecified atom stereocenters. The minimum atomic E-state index is -0.592. The van der Waals surface area contributed by atoms with Crippen LogP contribution in [0, 0.1) is 13.8 Å². The van der Waals surface area contributed by atoms with Gasteiger partial charge in [-0.05, 0) is 61.4 Å². The number of amides is 2. The van der Waals surface area contributed by atoms with Crippen molar-refractivity contribution in [2.45, 2.75) is 13.8 Å². The van der Waals surface area contributed by atoms with Crippen LogP contribution in [0.15, 0.2) is 42.5 Å². The topological polar surface area (TPSA) is 69.6 Å². The highest BCUT2D eigenvalue weighted by Gasteiger charge is 2.10. The fourth-order valence-electron chi connectivity index (χ4n) is 1.98. The Balaban J connectivity index is 2.35. The van der Waals surface area contributed by atoms with Crippen LogP contribution in [0.1, 0.15) is 21.5 Å². The van der Waals surface area contributed by atoms with Gasteiger partial charge in [-0.15, -0.1) is 0 Å². The summed E-state index contributed by atoms with van der Waals surface area (Å²) in [5.74, 6) is -0.592. The smallest absolute Gasteiger partial charge is 0.274 e. The Kier molecular flexibility index (Phi) is 4.35. The molecule has 2 amide bonds. The zero-order valence-corrected chi connectivity index (χ0v) is 11.8. The van der Waals surface area contributed by atoms with Gasteiger partial charge in [0.1, 0.15) is 0 Å². The van der Waals surface area contributed by atoms with Gasteiger partial charge >= 0.3 is 0 Å². The lowest BCUT2D eigenvalue weighted by molar-refractivity contribution is -0.106. The molecule has 0 radical (unpaired) electrons. The number of hydrogen-bond donors (Lipinski definition) is 2. The molecule has 0 aromatic heterocycles. The summed E-state index contributed by atoms with van der Waals surface area (Å²) in [7, 11) is 0. The van der Waals surface area contributed by atoms with Crippen molar-refractivity contribution in [3.8, 4) is 0 Å². The second kappa shape index (κ2) is 6.19. The number of carbonyl (C=O) groups is 2. The van der Waals surface area contributed by atoms with Crippen molar-refractivity contribution in [1.82, 2.24) is 5.48 Å². The molecular formula is C16H16N2O3. The molecule has 5 heteroatoms. The standard InChI is InChI=1S/C16H16N2O3/c1-11-3-6-15(9-12(11)2)18(10-19)14-7-4-13(5-8-14)16(20)17-21/h3-10,21H,1-2H3,(H,17,20). The zero-order valence-electron chi connectivity index (χ0n) is 11.8. The molecule has 0 heterocycles. The number of hydrogen-bond acceptors (Lipinski definition) is 3. The monoisotopic (exact) mass is 284 g/mol. The van der Waals surface area contributed by atoms with Crippen LogP contribution in [0.3, 0.4) is 0 Å². The summed E-state index contributed by atoms with van der Waals surface area (Å²) in [4.78, 5) is 24.1. The van der Waals surface area contributed by atoms with Crippen molar-refractivity contribution in [2.75, 3.05) is 4.90 Å². The molecule has 2 aromatic carbocycles. The number of nitrogens with zero attached hydrogens (tertiary/aromatic N) is 1. The van der Waals surface area contributed by atoms with Crippen LogP contribution in [-0.2, 0) is 4.79 Å². The van der Waals surface area contributed by atoms with Crippen molar-refractivity contribution in [3.05, 3.63) is 59.2 Å². The van der Waals surface area contributed by atoms with Crippen LogP contribution in [0.4, 0.5) is 11.4 Å². The SMILES string of the molecule is Cc1ccc(N(C=O)c2ccc(C(=O)NO)cc2)cc1C. The molecule has 0 fully saturated rings. The van der Waals surface area contributed by atoms with Crippen LogP contribution < -0.4 is 10.4 Å². The van der Waals surface area contributed by atoms with E-state index in [1.165, 1.54) is 4.90 Å². The van der Waals surface area contributed by atoms with E-state index in [2.05, 4.69) is 0 Å². The molecule has 21 heavy (non-hydrogen) atoms. The third kappa shape index (κ3) is 3.09. The van der Waals surface area contributed by atoms with E-state index in [0.29, 0.717) is 11.3 Å². The van der Waals surface area contributed by atoms with E-state index in [1.54, 1.807) is 29.7 Å². The molecule has 0 aliphatic rings. The Morgan fingerprint density at radius 3 is 2.19 bits per heavy atom. The Hall–Kier alpha value is -2.66. The quantitative estimate of drug-likeness (QED) is 0.515. The van der Waals surface area contributed by atoms with E-state index in [0.717, 1.165) is 23.2 Å². The highest BCUT2D eigenvalue weighted by molar-refractivity contribution is 5.94. The molecule has 108 valence electrons. The minimum Gasteiger partial charge on any atom is -0.288 e. The molecule has 2 N–H and O–H groups in total. The Bertz CT molecular complexity index is 666. The average molecular weight is 284 g/mol. The number of rotatable bonds is 4. The highest BCUT2D eigenvalue weighted by atomic mass is 16.5. The molecule has 0 bridgehead atoms. The lowest BCUT2D eigenvalue weighted by Gasteiger charge is -2.19. The van der Waals surface area contributed by atoms with E-state index in [-0.39, 0.29) is 0 Å². The van der Waals surface area contributed by atoms with E-state index in [4.69, 9.17) is 5.21 Å². The number of nitrogens with one attached hydrogen (secondary N) is 1. The zero-order chi connectivity index (χ0) is 15.4. The molecule has 0 saturated heterocycles. The van der Waals surface area contributed by atoms with Crippen LogP contribution in [0.2, 0.25) is 0 Å². The van der Waals surface area contributed by atoms with Gasteiger partial charge in [0.25, 0.3) is 5.91 Å². The van der Waals surface area contributed by atoms with Crippen LogP contribution in [-0.4, -0.2) is 17.5 Å². The minimum absolute atomic E-state index is 0.312. The maximum absolute atomic E-state index is 11.4. The lowest BCUT2D eigenvalue weighted by Crippen LogP contribution is -2.19. The second-order valence-electron chi connectivity index (χ2n) is 4.73. The van der Waals surface area contributed by atoms with Crippen molar-refractivity contribution in [2.24, 2.45) is 0 Å². The first-order valence-corrected chi connectivity index (χ1v) is 6.43. The first-order valence-electron chi connectivity index (χ1n) is 6.43. The highest BCUT2D eigenvalue weighted by Crippen LogP contribution is 2.26. The summed E-state index contributed by atoms with van der Waals surface area (Å²) in [5.41, 5.74) is 5.52. The molecule has 2 aromatic rings. The molecule has 0 aliphatic carbocycles. The Labute approximate surface area is 122 Å². The largest absolute Gasteiger partial charge is 0.288 e. The van der Waals surface area contributed by atoms with Gasteiger partial charge in [0, 0.05) is 16.9 Å². The average Bonchev–Trinajstić information content (AvgIpc) is 2.51. The van der Waals surface area contributed by atoms with E-state index in [9.17, 15) is 9.59 Å². The summed E-state index contributed by atoms with van der Waals surface area (Å²) in [6, 6.07) is 12.1. The number of hydroxylamine groups is 1. The van der Waals surface area contributed by atoms with Crippen LogP contribution in [0.5, 0.6) is 0 Å². The molecular weight excluding hydrogens is 268 g/mol. The van der Waals surface area contributed by atoms with Gasteiger partial charge in [-0.25, -0.2) is 5.48 Å². The fraction of sp³-hybridized carbons (Fsp3) is 0.125. The van der Waals surface area contributed by atoms with Gasteiger partial charge in [0.15, 0.2) is 0 Å². The number of benzene rings is 2. The van der Waals surface area contributed by atoms with E-state index >= 15 is 0 Å². The van der Waals surface area contributed by atoms with Crippen LogP contribution >= 0.6 is 0 Å². The maximum Gasteiger partial charge on any atom is 0.274 e. The summed E-state index contributed by atoms with van der Waals surface area (Å²) in [6.07, 6.45) is 0.727. The normalized spacial score (nSPS) is 10.0. The summed E-state index contributed by atoms with van der Waals surface area (Å²) in [5, 5.41) is 8.58. The first kappa shape index (κ1) is 14.7. The van der Waals surface area contributed by atoms with Crippen LogP contribution in [0.25, 0.3) is 0 Å². The van der Waals surface area contributed by atoms with Gasteiger partial charge < -0.3 is 0 Å². The molecule has 0 atom stereocenters. The van der Waals surface area contributed by atoms with Crippen molar-refractivity contribution in [1.29, 1.82) is 0 Å². The number of carbonyl (C=O) groups excluding carboxylic acids is 2. The Morgan fingerprint density at radius 2 is 1.67 bits per heavy atom. The van der Waals surface area contributed by atoms with Gasteiger partial charge in [0.2, 0.25) is 6.41 Å². The summed E-state index contributed by atoms with van der Waals surface area (Å²) in [6.45, 7) is 3.99. The third-order valence-electron chi connectivity index (χ3n) is 3.38. The van der Waals surface area contributed by atoms with Gasteiger partial charge in [0.05, 0.1) is 0 Å². The lowest BCUT2D eigenvalue weighted by atomic mass is 10.1. The first-order chi connectivity index (χ1) is 10.1. The van der Waals surface area contributed by atoms with E-state index in [1.807, 2.05) is 32.0 Å². The molecule has 2 rings (SSSR count). The third-order valence-corrected chi connectivity index (χ3v) is 3.38. The Morgan fingerprint density at radius 1 is 1.05 bits per heavy atom. The van der Waals surface area contributed by atoms with Crippen molar-refractivity contribution >= 4 is 23.7 Å². The maximum atomic E-state index is 11.4. The number of aryl methyl sites for hydroxylation is 2. The summed E-state index contributed by atoms with van der Waals surface area (Å²) < 4.78 is 0. The molecule has 5 nitrogen and oxygen atoms in total. The fourth-order valence-corrected chi connectivity index (χ4v) is 1.98. The van der Waals surface area contributed by atoms with Crippen molar-refractivity contribution < 1.29 is 14.8 Å². The van der Waals surface area contributed by atoms with Gasteiger partial charge in [-0.3, -0.25) is 19.7 Å². The molecule has 0 spiro atoms. The van der Waals surface area contributed by atoms with Gasteiger partial charge in [-0.2, -0.15) is 0 Å². The second-order valence-corrected chi connectivity index (χ2v) is 4.73. The number of anilines is 2. The molecule has 0 aliphatic heterocycles. The summed E-state index contributed by atoms with van der Waals surface area (Å²) >= 11 is 0. The predicted octanol–water partition coefficient (Wildman–Crippen LogP) is 2.72.